The molecule has 1 aromatic carbocycles. The summed E-state index contributed by atoms with van der Waals surface area (Å²) in [4.78, 5) is 26.1. The van der Waals surface area contributed by atoms with Crippen LogP contribution in [-0.2, 0) is 9.59 Å². The van der Waals surface area contributed by atoms with E-state index in [2.05, 4.69) is 5.32 Å². The molecule has 1 aromatic rings. The summed E-state index contributed by atoms with van der Waals surface area (Å²) in [5.74, 6) is -1.10. The lowest BCUT2D eigenvalue weighted by Crippen LogP contribution is -2.38. The molecule has 1 fully saturated rings. The van der Waals surface area contributed by atoms with Gasteiger partial charge in [-0.25, -0.2) is 0 Å². The number of benzene rings is 1. The average molecular weight is 381 g/mol. The number of hydrogen-bond donors (Lipinski definition) is 2. The molecule has 0 aliphatic carbocycles. The molecule has 0 saturated carbocycles. The molecule has 0 aromatic heterocycles. The van der Waals surface area contributed by atoms with E-state index >= 15 is 0 Å². The fourth-order valence-electron chi connectivity index (χ4n) is 2.38. The minimum atomic E-state index is -0.650. The summed E-state index contributed by atoms with van der Waals surface area (Å²) in [7, 11) is 0. The van der Waals surface area contributed by atoms with Gasteiger partial charge in [0.25, 0.3) is 0 Å². The fraction of sp³-hybridized carbons (Fsp3) is 0.467. The van der Waals surface area contributed by atoms with Crippen molar-refractivity contribution in [2.24, 2.45) is 11.7 Å². The third kappa shape index (κ3) is 4.98. The van der Waals surface area contributed by atoms with Gasteiger partial charge in [-0.15, -0.1) is 12.4 Å². The Labute approximate surface area is 151 Å². The van der Waals surface area contributed by atoms with Crippen LogP contribution >= 0.6 is 35.6 Å². The maximum absolute atomic E-state index is 12.4. The maximum Gasteiger partial charge on any atom is 0.239 e. The molecular weight excluding hydrogens is 361 g/mol. The average Bonchev–Trinajstić information content (AvgIpc) is 2.83. The van der Waals surface area contributed by atoms with Gasteiger partial charge in [-0.3, -0.25) is 9.59 Å². The third-order valence-corrected chi connectivity index (χ3v) is 4.37. The lowest BCUT2D eigenvalue weighted by molar-refractivity contribution is -0.132. The molecule has 2 atom stereocenters. The van der Waals surface area contributed by atoms with Crippen LogP contribution in [0.5, 0.6) is 0 Å². The van der Waals surface area contributed by atoms with E-state index in [1.807, 2.05) is 6.92 Å². The van der Waals surface area contributed by atoms with Crippen molar-refractivity contribution >= 4 is 53.1 Å². The van der Waals surface area contributed by atoms with Crippen molar-refractivity contribution in [1.29, 1.82) is 0 Å². The minimum absolute atomic E-state index is 0. The second kappa shape index (κ2) is 8.73. The normalized spacial score (nSPS) is 18.5. The standard InChI is InChI=1S/C15H19Cl2N3O2.ClH/c1-9(18)4-6-19-14(21)11-5-7-20(15(11)22)10-2-3-12(16)13(17)8-10;/h2-3,8-9,11H,4-7,18H2,1H3,(H,19,21);1H. The van der Waals surface area contributed by atoms with E-state index in [9.17, 15) is 9.59 Å². The second-order valence-electron chi connectivity index (χ2n) is 5.49. The first-order chi connectivity index (χ1) is 10.4. The SMILES string of the molecule is CC(N)CCNC(=O)C1CCN(c2ccc(Cl)c(Cl)c2)C1=O.Cl. The van der Waals surface area contributed by atoms with Crippen LogP contribution in [0, 0.1) is 5.92 Å². The van der Waals surface area contributed by atoms with Crippen LogP contribution in [0.15, 0.2) is 18.2 Å². The molecule has 5 nitrogen and oxygen atoms in total. The van der Waals surface area contributed by atoms with E-state index in [-0.39, 0.29) is 30.3 Å². The van der Waals surface area contributed by atoms with Crippen molar-refractivity contribution in [3.05, 3.63) is 28.2 Å². The zero-order valence-electron chi connectivity index (χ0n) is 12.7. The first kappa shape index (κ1) is 20.0. The Morgan fingerprint density at radius 1 is 1.43 bits per heavy atom. The van der Waals surface area contributed by atoms with Crippen LogP contribution in [-0.4, -0.2) is 30.9 Å². The minimum Gasteiger partial charge on any atom is -0.355 e. The molecule has 0 spiro atoms. The van der Waals surface area contributed by atoms with Crippen LogP contribution in [0.2, 0.25) is 10.0 Å². The molecule has 23 heavy (non-hydrogen) atoms. The fourth-order valence-corrected chi connectivity index (χ4v) is 2.67. The lowest BCUT2D eigenvalue weighted by atomic mass is 10.1. The van der Waals surface area contributed by atoms with Gasteiger partial charge in [0.2, 0.25) is 11.8 Å². The summed E-state index contributed by atoms with van der Waals surface area (Å²) >= 11 is 11.9. The number of hydrogen-bond acceptors (Lipinski definition) is 3. The van der Waals surface area contributed by atoms with Gasteiger partial charge in [0.15, 0.2) is 0 Å². The van der Waals surface area contributed by atoms with Crippen LogP contribution in [0.3, 0.4) is 0 Å². The van der Waals surface area contributed by atoms with Gasteiger partial charge in [-0.2, -0.15) is 0 Å². The summed E-state index contributed by atoms with van der Waals surface area (Å²) in [5, 5.41) is 3.58. The predicted molar refractivity (Wildman–Crippen MR) is 95.4 cm³/mol. The van der Waals surface area contributed by atoms with Crippen LogP contribution in [0.4, 0.5) is 5.69 Å². The van der Waals surface area contributed by atoms with Gasteiger partial charge < -0.3 is 16.0 Å². The molecule has 2 amide bonds. The highest BCUT2D eigenvalue weighted by atomic mass is 35.5. The number of carbonyl (C=O) groups is 2. The molecule has 2 rings (SSSR count). The maximum atomic E-state index is 12.4. The number of nitrogens with two attached hydrogens (primary N) is 1. The van der Waals surface area contributed by atoms with Gasteiger partial charge in [-0.05, 0) is 38.0 Å². The van der Waals surface area contributed by atoms with E-state index in [1.165, 1.54) is 0 Å². The lowest BCUT2D eigenvalue weighted by Gasteiger charge is -2.17. The first-order valence-electron chi connectivity index (χ1n) is 7.20. The number of carbonyl (C=O) groups excluding carboxylic acids is 2. The molecule has 1 aliphatic heterocycles. The van der Waals surface area contributed by atoms with Crippen molar-refractivity contribution in [3.8, 4) is 0 Å². The zero-order chi connectivity index (χ0) is 16.3. The van der Waals surface area contributed by atoms with Crippen LogP contribution in [0.25, 0.3) is 0 Å². The van der Waals surface area contributed by atoms with Crippen molar-refractivity contribution < 1.29 is 9.59 Å². The number of nitrogens with one attached hydrogen (secondary N) is 1. The Hall–Kier alpha value is -1.01. The number of anilines is 1. The smallest absolute Gasteiger partial charge is 0.239 e. The van der Waals surface area contributed by atoms with Gasteiger partial charge >= 0.3 is 0 Å². The van der Waals surface area contributed by atoms with Crippen molar-refractivity contribution in [2.45, 2.75) is 25.8 Å². The number of rotatable bonds is 5. The highest BCUT2D eigenvalue weighted by Gasteiger charge is 2.37. The van der Waals surface area contributed by atoms with E-state index < -0.39 is 5.92 Å². The molecular formula is C15H20Cl3N3O2. The largest absolute Gasteiger partial charge is 0.355 e. The highest BCUT2D eigenvalue weighted by Crippen LogP contribution is 2.31. The molecule has 1 aliphatic rings. The van der Waals surface area contributed by atoms with Crippen molar-refractivity contribution in [1.82, 2.24) is 5.32 Å². The third-order valence-electron chi connectivity index (χ3n) is 3.64. The Bertz CT molecular complexity index is 581. The van der Waals surface area contributed by atoms with Gasteiger partial charge in [-0.1, -0.05) is 23.2 Å². The predicted octanol–water partition coefficient (Wildman–Crippen LogP) is 2.62. The molecule has 8 heteroatoms. The highest BCUT2D eigenvalue weighted by molar-refractivity contribution is 6.42. The molecule has 1 saturated heterocycles. The van der Waals surface area contributed by atoms with Crippen LogP contribution < -0.4 is 16.0 Å². The summed E-state index contributed by atoms with van der Waals surface area (Å²) in [6.07, 6.45) is 1.17. The number of halogens is 3. The monoisotopic (exact) mass is 379 g/mol. The Kier molecular flexibility index (Phi) is 7.61. The van der Waals surface area contributed by atoms with Crippen molar-refractivity contribution in [2.75, 3.05) is 18.0 Å². The van der Waals surface area contributed by atoms with Gasteiger partial charge in [0.05, 0.1) is 10.0 Å². The summed E-state index contributed by atoms with van der Waals surface area (Å²) in [5.41, 5.74) is 6.29. The Balaban J connectivity index is 0.00000264. The summed E-state index contributed by atoms with van der Waals surface area (Å²) in [6, 6.07) is 5.02. The summed E-state index contributed by atoms with van der Waals surface area (Å²) in [6.45, 7) is 2.84. The molecule has 128 valence electrons. The molecule has 0 bridgehead atoms. The Morgan fingerprint density at radius 3 is 2.74 bits per heavy atom. The molecule has 2 unspecified atom stereocenters. The van der Waals surface area contributed by atoms with Gasteiger partial charge in [0.1, 0.15) is 5.92 Å². The second-order valence-corrected chi connectivity index (χ2v) is 6.30. The zero-order valence-corrected chi connectivity index (χ0v) is 15.0. The van der Waals surface area contributed by atoms with E-state index in [4.69, 9.17) is 28.9 Å². The number of amides is 2. The van der Waals surface area contributed by atoms with E-state index in [0.29, 0.717) is 41.7 Å². The van der Waals surface area contributed by atoms with Crippen molar-refractivity contribution in [3.63, 3.8) is 0 Å². The topological polar surface area (TPSA) is 75.4 Å². The number of nitrogens with zero attached hydrogens (tertiary/aromatic N) is 1. The van der Waals surface area contributed by atoms with Gasteiger partial charge in [0, 0.05) is 24.8 Å². The molecule has 3 N–H and O–H groups in total. The van der Waals surface area contributed by atoms with E-state index in [1.54, 1.807) is 23.1 Å². The van der Waals surface area contributed by atoms with Crippen LogP contribution in [0.1, 0.15) is 19.8 Å². The first-order valence-corrected chi connectivity index (χ1v) is 7.95. The quantitative estimate of drug-likeness (QED) is 0.771. The van der Waals surface area contributed by atoms with E-state index in [0.717, 1.165) is 0 Å². The molecule has 1 heterocycles. The Morgan fingerprint density at radius 2 is 2.13 bits per heavy atom. The summed E-state index contributed by atoms with van der Waals surface area (Å²) < 4.78 is 0. The molecule has 0 radical (unpaired) electrons.